The van der Waals surface area contributed by atoms with Gasteiger partial charge < -0.3 is 14.3 Å². The highest BCUT2D eigenvalue weighted by molar-refractivity contribution is 5.76. The SMILES string of the molecule is CCc1nc2cc(OC(C(=O)O)C(C)C)ccc2o1. The van der Waals surface area contributed by atoms with Gasteiger partial charge in [-0.1, -0.05) is 20.8 Å². The Hall–Kier alpha value is -2.04. The smallest absolute Gasteiger partial charge is 0.345 e. The summed E-state index contributed by atoms with van der Waals surface area (Å²) in [6.45, 7) is 5.58. The molecule has 2 rings (SSSR count). The maximum atomic E-state index is 11.1. The molecular weight excluding hydrogens is 246 g/mol. The summed E-state index contributed by atoms with van der Waals surface area (Å²) in [4.78, 5) is 15.4. The number of benzene rings is 1. The van der Waals surface area contributed by atoms with Gasteiger partial charge in [-0.15, -0.1) is 0 Å². The van der Waals surface area contributed by atoms with Crippen LogP contribution in [-0.4, -0.2) is 22.2 Å². The Labute approximate surface area is 111 Å². The molecule has 1 aromatic heterocycles. The summed E-state index contributed by atoms with van der Waals surface area (Å²) >= 11 is 0. The first kappa shape index (κ1) is 13.4. The molecule has 1 atom stereocenters. The average molecular weight is 263 g/mol. The standard InChI is InChI=1S/C14H17NO4/c1-4-12-15-10-7-9(5-6-11(10)19-12)18-13(8(2)3)14(16)17/h5-8,13H,4H2,1-3H3,(H,16,17). The zero-order valence-electron chi connectivity index (χ0n) is 11.2. The molecule has 0 saturated heterocycles. The molecule has 1 N–H and O–H groups in total. The van der Waals surface area contributed by atoms with Crippen molar-refractivity contribution in [1.29, 1.82) is 0 Å². The van der Waals surface area contributed by atoms with E-state index in [9.17, 15) is 4.79 Å². The van der Waals surface area contributed by atoms with Gasteiger partial charge in [0.05, 0.1) is 0 Å². The number of hydrogen-bond donors (Lipinski definition) is 1. The quantitative estimate of drug-likeness (QED) is 0.897. The lowest BCUT2D eigenvalue weighted by atomic mass is 10.1. The Kier molecular flexibility index (Phi) is 3.74. The second-order valence-electron chi connectivity index (χ2n) is 4.71. The summed E-state index contributed by atoms with van der Waals surface area (Å²) in [5.41, 5.74) is 1.36. The van der Waals surface area contributed by atoms with Crippen molar-refractivity contribution in [3.63, 3.8) is 0 Å². The van der Waals surface area contributed by atoms with E-state index in [0.717, 1.165) is 0 Å². The van der Waals surface area contributed by atoms with Crippen molar-refractivity contribution < 1.29 is 19.1 Å². The van der Waals surface area contributed by atoms with E-state index in [1.807, 2.05) is 20.8 Å². The zero-order chi connectivity index (χ0) is 14.0. The monoisotopic (exact) mass is 263 g/mol. The van der Waals surface area contributed by atoms with Gasteiger partial charge in [-0.25, -0.2) is 9.78 Å². The average Bonchev–Trinajstić information content (AvgIpc) is 2.77. The van der Waals surface area contributed by atoms with Gasteiger partial charge in [0.15, 0.2) is 17.6 Å². The van der Waals surface area contributed by atoms with E-state index in [-0.39, 0.29) is 5.92 Å². The van der Waals surface area contributed by atoms with E-state index in [0.29, 0.717) is 29.2 Å². The number of rotatable bonds is 5. The van der Waals surface area contributed by atoms with E-state index in [4.69, 9.17) is 14.3 Å². The Morgan fingerprint density at radius 1 is 1.47 bits per heavy atom. The van der Waals surface area contributed by atoms with E-state index in [2.05, 4.69) is 4.98 Å². The fraction of sp³-hybridized carbons (Fsp3) is 0.429. The lowest BCUT2D eigenvalue weighted by Crippen LogP contribution is -2.32. The van der Waals surface area contributed by atoms with Gasteiger partial charge in [-0.2, -0.15) is 0 Å². The molecule has 0 radical (unpaired) electrons. The van der Waals surface area contributed by atoms with Gasteiger partial charge in [-0.05, 0) is 12.1 Å². The summed E-state index contributed by atoms with van der Waals surface area (Å²) in [6.07, 6.45) is -0.149. The zero-order valence-corrected chi connectivity index (χ0v) is 11.2. The first-order chi connectivity index (χ1) is 9.01. The van der Waals surface area contributed by atoms with Gasteiger partial charge in [0, 0.05) is 18.4 Å². The second-order valence-corrected chi connectivity index (χ2v) is 4.71. The maximum Gasteiger partial charge on any atom is 0.345 e. The van der Waals surface area contributed by atoms with Gasteiger partial charge in [0.1, 0.15) is 11.3 Å². The normalized spacial score (nSPS) is 12.8. The van der Waals surface area contributed by atoms with Crippen LogP contribution in [0, 0.1) is 5.92 Å². The largest absolute Gasteiger partial charge is 0.478 e. The highest BCUT2D eigenvalue weighted by atomic mass is 16.5. The molecule has 0 aliphatic heterocycles. The molecule has 0 spiro atoms. The van der Waals surface area contributed by atoms with Crippen LogP contribution in [0.1, 0.15) is 26.7 Å². The Bertz CT molecular complexity index is 588. The minimum absolute atomic E-state index is 0.114. The summed E-state index contributed by atoms with van der Waals surface area (Å²) in [7, 11) is 0. The molecular formula is C14H17NO4. The van der Waals surface area contributed by atoms with Gasteiger partial charge in [0.25, 0.3) is 0 Å². The number of fused-ring (bicyclic) bond motifs is 1. The van der Waals surface area contributed by atoms with E-state index >= 15 is 0 Å². The van der Waals surface area contributed by atoms with Crippen LogP contribution in [0.3, 0.4) is 0 Å². The van der Waals surface area contributed by atoms with Crippen LogP contribution in [0.2, 0.25) is 0 Å². The molecule has 1 heterocycles. The molecule has 102 valence electrons. The Morgan fingerprint density at radius 2 is 2.21 bits per heavy atom. The molecule has 2 aromatic rings. The van der Waals surface area contributed by atoms with E-state index < -0.39 is 12.1 Å². The van der Waals surface area contributed by atoms with Gasteiger partial charge in [-0.3, -0.25) is 0 Å². The third-order valence-corrected chi connectivity index (χ3v) is 2.82. The fourth-order valence-electron chi connectivity index (χ4n) is 1.80. The lowest BCUT2D eigenvalue weighted by molar-refractivity contribution is -0.147. The molecule has 0 aliphatic rings. The highest BCUT2D eigenvalue weighted by Gasteiger charge is 2.23. The number of carboxylic acid groups (broad SMARTS) is 1. The van der Waals surface area contributed by atoms with Crippen LogP contribution in [0.25, 0.3) is 11.1 Å². The van der Waals surface area contributed by atoms with E-state index in [1.165, 1.54) is 0 Å². The summed E-state index contributed by atoms with van der Waals surface area (Å²) in [5, 5.41) is 9.10. The molecule has 1 unspecified atom stereocenters. The topological polar surface area (TPSA) is 72.6 Å². The van der Waals surface area contributed by atoms with Gasteiger partial charge >= 0.3 is 5.97 Å². The minimum Gasteiger partial charge on any atom is -0.478 e. The third kappa shape index (κ3) is 2.86. The minimum atomic E-state index is -0.968. The third-order valence-electron chi connectivity index (χ3n) is 2.82. The Morgan fingerprint density at radius 3 is 2.79 bits per heavy atom. The van der Waals surface area contributed by atoms with Crippen molar-refractivity contribution in [1.82, 2.24) is 4.98 Å². The molecule has 0 bridgehead atoms. The molecule has 0 amide bonds. The van der Waals surface area contributed by atoms with Crippen molar-refractivity contribution >= 4 is 17.1 Å². The molecule has 1 aromatic carbocycles. The number of ether oxygens (including phenoxy) is 1. The van der Waals surface area contributed by atoms with Gasteiger partial charge in [0.2, 0.25) is 0 Å². The van der Waals surface area contributed by atoms with E-state index in [1.54, 1.807) is 18.2 Å². The number of oxazole rings is 1. The number of hydrogen-bond acceptors (Lipinski definition) is 4. The number of carboxylic acids is 1. The summed E-state index contributed by atoms with van der Waals surface area (Å²) < 4.78 is 11.0. The summed E-state index contributed by atoms with van der Waals surface area (Å²) in [6, 6.07) is 5.15. The highest BCUT2D eigenvalue weighted by Crippen LogP contribution is 2.23. The van der Waals surface area contributed by atoms with Crippen LogP contribution in [-0.2, 0) is 11.2 Å². The number of nitrogens with zero attached hydrogens (tertiary/aromatic N) is 1. The van der Waals surface area contributed by atoms with Crippen molar-refractivity contribution in [2.45, 2.75) is 33.3 Å². The first-order valence-electron chi connectivity index (χ1n) is 6.30. The molecule has 0 fully saturated rings. The number of aryl methyl sites for hydroxylation is 1. The second kappa shape index (κ2) is 5.30. The van der Waals surface area contributed by atoms with Crippen LogP contribution in [0.4, 0.5) is 0 Å². The molecule has 5 heteroatoms. The number of aromatic nitrogens is 1. The molecule has 19 heavy (non-hydrogen) atoms. The van der Waals surface area contributed by atoms with Crippen molar-refractivity contribution in [2.24, 2.45) is 5.92 Å². The van der Waals surface area contributed by atoms with Crippen molar-refractivity contribution in [3.8, 4) is 5.75 Å². The first-order valence-corrected chi connectivity index (χ1v) is 6.30. The molecule has 0 aliphatic carbocycles. The van der Waals surface area contributed by atoms with Crippen LogP contribution in [0.15, 0.2) is 22.6 Å². The van der Waals surface area contributed by atoms with Crippen LogP contribution >= 0.6 is 0 Å². The fourth-order valence-corrected chi connectivity index (χ4v) is 1.80. The molecule has 5 nitrogen and oxygen atoms in total. The van der Waals surface area contributed by atoms with Crippen LogP contribution in [0.5, 0.6) is 5.75 Å². The predicted molar refractivity (Wildman–Crippen MR) is 70.3 cm³/mol. The number of aliphatic carboxylic acids is 1. The van der Waals surface area contributed by atoms with Crippen molar-refractivity contribution in [2.75, 3.05) is 0 Å². The predicted octanol–water partition coefficient (Wildman–Crippen LogP) is 2.88. The van der Waals surface area contributed by atoms with Crippen molar-refractivity contribution in [3.05, 3.63) is 24.1 Å². The summed E-state index contributed by atoms with van der Waals surface area (Å²) in [5.74, 6) is 0.0663. The van der Waals surface area contributed by atoms with Crippen LogP contribution < -0.4 is 4.74 Å². The lowest BCUT2D eigenvalue weighted by Gasteiger charge is -2.18. The Balaban J connectivity index is 2.27. The maximum absolute atomic E-state index is 11.1. The molecule has 0 saturated carbocycles. The number of carbonyl (C=O) groups is 1.